The SMILES string of the molecule is CCC(C)N(C)CCNCc1cccc(C(F)F)c1. The summed E-state index contributed by atoms with van der Waals surface area (Å²) < 4.78 is 25.1. The Kier molecular flexibility index (Phi) is 6.95. The van der Waals surface area contributed by atoms with Crippen LogP contribution in [0.2, 0.25) is 0 Å². The molecule has 0 fully saturated rings. The highest BCUT2D eigenvalue weighted by Crippen LogP contribution is 2.19. The number of hydrogen-bond acceptors (Lipinski definition) is 2. The fourth-order valence-corrected chi connectivity index (χ4v) is 1.86. The van der Waals surface area contributed by atoms with Crippen LogP contribution in [0.25, 0.3) is 0 Å². The molecule has 0 saturated carbocycles. The first-order chi connectivity index (χ1) is 9.04. The molecule has 1 rings (SSSR count). The standard InChI is InChI=1S/C15H24F2N2/c1-4-12(2)19(3)9-8-18-11-13-6-5-7-14(10-13)15(16)17/h5-7,10,12,15,18H,4,8-9,11H2,1-3H3. The van der Waals surface area contributed by atoms with Gasteiger partial charge in [0.15, 0.2) is 0 Å². The number of hydrogen-bond donors (Lipinski definition) is 1. The zero-order valence-corrected chi connectivity index (χ0v) is 12.0. The molecule has 0 saturated heterocycles. The number of nitrogens with one attached hydrogen (secondary N) is 1. The minimum Gasteiger partial charge on any atom is -0.311 e. The molecular formula is C15H24F2N2. The molecule has 1 unspecified atom stereocenters. The van der Waals surface area contributed by atoms with Gasteiger partial charge in [-0.3, -0.25) is 0 Å². The lowest BCUT2D eigenvalue weighted by atomic mass is 10.1. The summed E-state index contributed by atoms with van der Waals surface area (Å²) >= 11 is 0. The van der Waals surface area contributed by atoms with E-state index in [2.05, 4.69) is 31.1 Å². The lowest BCUT2D eigenvalue weighted by Crippen LogP contribution is -2.34. The van der Waals surface area contributed by atoms with Gasteiger partial charge in [-0.1, -0.05) is 25.1 Å². The zero-order valence-electron chi connectivity index (χ0n) is 12.0. The summed E-state index contributed by atoms with van der Waals surface area (Å²) in [6, 6.07) is 7.16. The Morgan fingerprint density at radius 3 is 2.68 bits per heavy atom. The minimum atomic E-state index is -2.39. The number of likely N-dealkylation sites (N-methyl/N-ethyl adjacent to an activating group) is 1. The fraction of sp³-hybridized carbons (Fsp3) is 0.600. The van der Waals surface area contributed by atoms with Gasteiger partial charge >= 0.3 is 0 Å². The smallest absolute Gasteiger partial charge is 0.263 e. The predicted octanol–water partition coefficient (Wildman–Crippen LogP) is 3.44. The van der Waals surface area contributed by atoms with Crippen molar-refractivity contribution in [2.24, 2.45) is 0 Å². The van der Waals surface area contributed by atoms with Crippen molar-refractivity contribution in [3.8, 4) is 0 Å². The van der Waals surface area contributed by atoms with Crippen molar-refractivity contribution in [3.63, 3.8) is 0 Å². The van der Waals surface area contributed by atoms with E-state index in [4.69, 9.17) is 0 Å². The monoisotopic (exact) mass is 270 g/mol. The summed E-state index contributed by atoms with van der Waals surface area (Å²) in [4.78, 5) is 2.29. The van der Waals surface area contributed by atoms with Gasteiger partial charge in [-0.25, -0.2) is 8.78 Å². The third-order valence-electron chi connectivity index (χ3n) is 3.52. The molecule has 1 atom stereocenters. The van der Waals surface area contributed by atoms with E-state index in [-0.39, 0.29) is 5.56 Å². The Morgan fingerprint density at radius 1 is 1.32 bits per heavy atom. The molecule has 2 nitrogen and oxygen atoms in total. The van der Waals surface area contributed by atoms with E-state index in [1.165, 1.54) is 6.07 Å². The zero-order chi connectivity index (χ0) is 14.3. The van der Waals surface area contributed by atoms with E-state index < -0.39 is 6.43 Å². The molecule has 0 aliphatic rings. The lowest BCUT2D eigenvalue weighted by molar-refractivity contribution is 0.151. The van der Waals surface area contributed by atoms with Crippen LogP contribution in [0.15, 0.2) is 24.3 Å². The first-order valence-corrected chi connectivity index (χ1v) is 6.82. The van der Waals surface area contributed by atoms with Gasteiger partial charge < -0.3 is 10.2 Å². The average molecular weight is 270 g/mol. The van der Waals surface area contributed by atoms with Crippen molar-refractivity contribution in [2.75, 3.05) is 20.1 Å². The highest BCUT2D eigenvalue weighted by Gasteiger charge is 2.07. The molecule has 0 aliphatic carbocycles. The second-order valence-corrected chi connectivity index (χ2v) is 4.96. The summed E-state index contributed by atoms with van der Waals surface area (Å²) in [5, 5.41) is 3.29. The molecule has 0 aromatic heterocycles. The molecule has 0 bridgehead atoms. The largest absolute Gasteiger partial charge is 0.311 e. The predicted molar refractivity (Wildman–Crippen MR) is 75.5 cm³/mol. The summed E-state index contributed by atoms with van der Waals surface area (Å²) in [5.74, 6) is 0. The summed E-state index contributed by atoms with van der Waals surface area (Å²) in [6.07, 6.45) is -1.26. The average Bonchev–Trinajstić information content (AvgIpc) is 2.42. The van der Waals surface area contributed by atoms with E-state index >= 15 is 0 Å². The van der Waals surface area contributed by atoms with Gasteiger partial charge in [-0.2, -0.15) is 0 Å². The van der Waals surface area contributed by atoms with Crippen molar-refractivity contribution >= 4 is 0 Å². The van der Waals surface area contributed by atoms with Gasteiger partial charge in [0.2, 0.25) is 0 Å². The lowest BCUT2D eigenvalue weighted by Gasteiger charge is -2.23. The molecule has 0 spiro atoms. The molecule has 0 heterocycles. The van der Waals surface area contributed by atoms with Crippen molar-refractivity contribution in [3.05, 3.63) is 35.4 Å². The number of halogens is 2. The van der Waals surface area contributed by atoms with Crippen LogP contribution < -0.4 is 5.32 Å². The van der Waals surface area contributed by atoms with Gasteiger partial charge in [-0.05, 0) is 32.0 Å². The van der Waals surface area contributed by atoms with Gasteiger partial charge in [0, 0.05) is 31.2 Å². The molecular weight excluding hydrogens is 246 g/mol. The van der Waals surface area contributed by atoms with Crippen molar-refractivity contribution in [1.82, 2.24) is 10.2 Å². The molecule has 1 aromatic rings. The minimum absolute atomic E-state index is 0.0935. The van der Waals surface area contributed by atoms with E-state index in [0.29, 0.717) is 12.6 Å². The number of rotatable bonds is 8. The van der Waals surface area contributed by atoms with Crippen molar-refractivity contribution in [2.45, 2.75) is 39.3 Å². The quantitative estimate of drug-likeness (QED) is 0.728. The van der Waals surface area contributed by atoms with Gasteiger partial charge in [0.05, 0.1) is 0 Å². The van der Waals surface area contributed by atoms with Crippen LogP contribution in [0, 0.1) is 0 Å². The van der Waals surface area contributed by atoms with Crippen molar-refractivity contribution in [1.29, 1.82) is 0 Å². The molecule has 108 valence electrons. The maximum absolute atomic E-state index is 12.5. The first-order valence-electron chi connectivity index (χ1n) is 6.82. The summed E-state index contributed by atoms with van der Waals surface area (Å²) in [7, 11) is 2.10. The third kappa shape index (κ3) is 5.66. The topological polar surface area (TPSA) is 15.3 Å². The summed E-state index contributed by atoms with van der Waals surface area (Å²) in [6.45, 7) is 6.83. The fourth-order valence-electron chi connectivity index (χ4n) is 1.86. The van der Waals surface area contributed by atoms with Crippen LogP contribution in [0.5, 0.6) is 0 Å². The third-order valence-corrected chi connectivity index (χ3v) is 3.52. The Bertz CT molecular complexity index is 369. The highest BCUT2D eigenvalue weighted by molar-refractivity contribution is 5.24. The van der Waals surface area contributed by atoms with Crippen LogP contribution in [0.3, 0.4) is 0 Å². The van der Waals surface area contributed by atoms with E-state index in [0.717, 1.165) is 25.1 Å². The number of alkyl halides is 2. The Balaban J connectivity index is 2.31. The van der Waals surface area contributed by atoms with E-state index in [1.54, 1.807) is 12.1 Å². The van der Waals surface area contributed by atoms with Crippen LogP contribution in [0.4, 0.5) is 8.78 Å². The van der Waals surface area contributed by atoms with E-state index in [9.17, 15) is 8.78 Å². The van der Waals surface area contributed by atoms with Crippen molar-refractivity contribution < 1.29 is 8.78 Å². The molecule has 4 heteroatoms. The Hall–Kier alpha value is -1.00. The molecule has 19 heavy (non-hydrogen) atoms. The normalized spacial score (nSPS) is 13.2. The maximum Gasteiger partial charge on any atom is 0.263 e. The van der Waals surface area contributed by atoms with Gasteiger partial charge in [0.1, 0.15) is 0 Å². The second-order valence-electron chi connectivity index (χ2n) is 4.96. The maximum atomic E-state index is 12.5. The van der Waals surface area contributed by atoms with Crippen LogP contribution in [-0.4, -0.2) is 31.1 Å². The second kappa shape index (κ2) is 8.23. The Morgan fingerprint density at radius 2 is 2.05 bits per heavy atom. The highest BCUT2D eigenvalue weighted by atomic mass is 19.3. The van der Waals surface area contributed by atoms with Gasteiger partial charge in [0.25, 0.3) is 6.43 Å². The molecule has 1 N–H and O–H groups in total. The molecule has 0 radical (unpaired) electrons. The Labute approximate surface area is 114 Å². The van der Waals surface area contributed by atoms with Gasteiger partial charge in [-0.15, -0.1) is 0 Å². The molecule has 0 aliphatic heterocycles. The number of nitrogens with zero attached hydrogens (tertiary/aromatic N) is 1. The summed E-state index contributed by atoms with van der Waals surface area (Å²) in [5.41, 5.74) is 1.00. The molecule has 0 amide bonds. The number of benzene rings is 1. The van der Waals surface area contributed by atoms with Crippen LogP contribution >= 0.6 is 0 Å². The van der Waals surface area contributed by atoms with E-state index in [1.807, 2.05) is 6.07 Å². The van der Waals surface area contributed by atoms with Crippen LogP contribution in [-0.2, 0) is 6.54 Å². The molecule has 1 aromatic carbocycles. The first kappa shape index (κ1) is 16.1. The van der Waals surface area contributed by atoms with Crippen LogP contribution in [0.1, 0.15) is 37.8 Å².